The fourth-order valence-corrected chi connectivity index (χ4v) is 3.49. The lowest BCUT2D eigenvalue weighted by atomic mass is 10.2. The Morgan fingerprint density at radius 1 is 1.10 bits per heavy atom. The quantitative estimate of drug-likeness (QED) is 0.269. The van der Waals surface area contributed by atoms with Crippen LogP contribution in [0, 0.1) is 6.92 Å². The second-order valence-electron chi connectivity index (χ2n) is 9.12. The van der Waals surface area contributed by atoms with Crippen LogP contribution in [0.1, 0.15) is 26.5 Å². The van der Waals surface area contributed by atoms with Crippen LogP contribution < -0.4 is 16.0 Å². The Bertz CT molecular complexity index is 1480. The number of hydrogen-bond donors (Lipinski definition) is 3. The topological polar surface area (TPSA) is 130 Å². The first-order valence-corrected chi connectivity index (χ1v) is 12.1. The Morgan fingerprint density at radius 3 is 2.55 bits per heavy atom. The monoisotopic (exact) mass is 556 g/mol. The lowest BCUT2D eigenvalue weighted by Crippen LogP contribution is -2.32. The van der Waals surface area contributed by atoms with Gasteiger partial charge in [-0.2, -0.15) is 18.3 Å². The van der Waals surface area contributed by atoms with Crippen molar-refractivity contribution in [3.05, 3.63) is 72.0 Å². The molecule has 0 aliphatic rings. The summed E-state index contributed by atoms with van der Waals surface area (Å²) in [7, 11) is 3.75. The normalized spacial score (nSPS) is 11.5. The Kier molecular flexibility index (Phi) is 8.48. The zero-order chi connectivity index (χ0) is 28.9. The maximum atomic E-state index is 13.0. The highest BCUT2D eigenvalue weighted by atomic mass is 19.4. The summed E-state index contributed by atoms with van der Waals surface area (Å²) in [5, 5.41) is 12.0. The fourth-order valence-electron chi connectivity index (χ4n) is 3.49. The van der Waals surface area contributed by atoms with Crippen LogP contribution in [-0.2, 0) is 0 Å². The molecule has 0 saturated heterocycles. The molecule has 0 saturated carbocycles. The number of anilines is 2. The number of carbonyl (C=O) groups is 2. The molecular formula is C26H27F3N8O3. The molecular weight excluding hydrogens is 529 g/mol. The van der Waals surface area contributed by atoms with E-state index in [1.807, 2.05) is 50.2 Å². The second-order valence-corrected chi connectivity index (χ2v) is 9.12. The van der Waals surface area contributed by atoms with E-state index in [1.54, 1.807) is 0 Å². The Balaban J connectivity index is 1.54. The number of nitrogens with one attached hydrogen (secondary N) is 3. The number of hydrogen-bond acceptors (Lipinski definition) is 8. The fraction of sp³-hybridized carbons (Fsp3) is 0.269. The third-order valence-corrected chi connectivity index (χ3v) is 5.53. The van der Waals surface area contributed by atoms with E-state index in [0.29, 0.717) is 24.3 Å². The molecule has 0 unspecified atom stereocenters. The van der Waals surface area contributed by atoms with Crippen molar-refractivity contribution >= 4 is 23.3 Å². The Morgan fingerprint density at radius 2 is 1.85 bits per heavy atom. The van der Waals surface area contributed by atoms with Crippen LogP contribution in [0.3, 0.4) is 0 Å². The van der Waals surface area contributed by atoms with Crippen molar-refractivity contribution in [2.75, 3.05) is 44.4 Å². The van der Waals surface area contributed by atoms with Gasteiger partial charge >= 0.3 is 6.18 Å². The number of rotatable bonds is 10. The predicted molar refractivity (Wildman–Crippen MR) is 141 cm³/mol. The molecule has 0 aliphatic carbocycles. The van der Waals surface area contributed by atoms with Gasteiger partial charge in [0.15, 0.2) is 11.4 Å². The van der Waals surface area contributed by atoms with Gasteiger partial charge in [0.25, 0.3) is 11.8 Å². The Hall–Kier alpha value is -4.72. The minimum Gasteiger partial charge on any atom is -0.444 e. The van der Waals surface area contributed by atoms with Gasteiger partial charge < -0.3 is 25.3 Å². The third kappa shape index (κ3) is 7.44. The van der Waals surface area contributed by atoms with E-state index in [0.717, 1.165) is 11.8 Å². The molecule has 0 radical (unpaired) electrons. The van der Waals surface area contributed by atoms with Gasteiger partial charge in [0.1, 0.15) is 18.6 Å². The summed E-state index contributed by atoms with van der Waals surface area (Å²) in [4.78, 5) is 35.9. The highest BCUT2D eigenvalue weighted by molar-refractivity contribution is 6.07. The van der Waals surface area contributed by atoms with Crippen LogP contribution in [0.25, 0.3) is 17.1 Å². The standard InChI is InChI=1S/C26H27F3N8O3/c1-16-4-6-18(7-5-16)37-13-19(22(35-37)24(39)31-10-11-36(2)3)33-23(38)20-14-40-25(34-20)17-8-9-30-21(12-17)32-15-26(27,28)29/h4-9,12-14H,10-11,15H2,1-3H3,(H,30,32)(H,31,39)(H,33,38). The molecule has 3 aromatic heterocycles. The first-order valence-electron chi connectivity index (χ1n) is 12.1. The average molecular weight is 557 g/mol. The molecule has 0 aliphatic heterocycles. The van der Waals surface area contributed by atoms with Gasteiger partial charge in [0.05, 0.1) is 17.6 Å². The van der Waals surface area contributed by atoms with Crippen LogP contribution in [-0.4, -0.2) is 76.4 Å². The van der Waals surface area contributed by atoms with Crippen molar-refractivity contribution in [3.63, 3.8) is 0 Å². The molecule has 0 spiro atoms. The molecule has 4 rings (SSSR count). The highest BCUT2D eigenvalue weighted by Gasteiger charge is 2.27. The summed E-state index contributed by atoms with van der Waals surface area (Å²) in [5.41, 5.74) is 2.09. The number of aryl methyl sites for hydroxylation is 1. The second kappa shape index (κ2) is 12.0. The van der Waals surface area contributed by atoms with Gasteiger partial charge in [-0.1, -0.05) is 17.7 Å². The number of aromatic nitrogens is 4. The molecule has 0 fully saturated rings. The van der Waals surface area contributed by atoms with E-state index in [1.165, 1.54) is 29.2 Å². The van der Waals surface area contributed by atoms with Crippen molar-refractivity contribution in [2.24, 2.45) is 0 Å². The highest BCUT2D eigenvalue weighted by Crippen LogP contribution is 2.23. The van der Waals surface area contributed by atoms with Crippen LogP contribution in [0.2, 0.25) is 0 Å². The summed E-state index contributed by atoms with van der Waals surface area (Å²) in [5.74, 6) is -1.18. The van der Waals surface area contributed by atoms with E-state index < -0.39 is 24.5 Å². The van der Waals surface area contributed by atoms with Gasteiger partial charge in [0.2, 0.25) is 5.89 Å². The molecule has 210 valence electrons. The number of oxazole rings is 1. The maximum absolute atomic E-state index is 13.0. The largest absolute Gasteiger partial charge is 0.444 e. The van der Waals surface area contributed by atoms with E-state index in [4.69, 9.17) is 4.42 Å². The zero-order valence-corrected chi connectivity index (χ0v) is 21.9. The minimum absolute atomic E-state index is 0.000360. The number of amides is 2. The summed E-state index contributed by atoms with van der Waals surface area (Å²) in [6, 6.07) is 10.3. The first-order chi connectivity index (χ1) is 19.0. The lowest BCUT2D eigenvalue weighted by Gasteiger charge is -2.10. The maximum Gasteiger partial charge on any atom is 0.405 e. The lowest BCUT2D eigenvalue weighted by molar-refractivity contribution is -0.115. The van der Waals surface area contributed by atoms with Gasteiger partial charge in [0, 0.05) is 24.8 Å². The number of nitrogens with zero attached hydrogens (tertiary/aromatic N) is 5. The number of benzene rings is 1. The SMILES string of the molecule is Cc1ccc(-n2cc(NC(=O)c3coc(-c4ccnc(NCC(F)(F)F)c4)n3)c(C(=O)NCCN(C)C)n2)cc1. The van der Waals surface area contributed by atoms with Crippen molar-refractivity contribution in [1.82, 2.24) is 30.0 Å². The molecule has 3 N–H and O–H groups in total. The molecule has 40 heavy (non-hydrogen) atoms. The van der Waals surface area contributed by atoms with Gasteiger partial charge in [-0.05, 0) is 45.3 Å². The first kappa shape index (κ1) is 28.3. The number of halogens is 3. The molecule has 1 aromatic carbocycles. The molecule has 3 heterocycles. The molecule has 2 amide bonds. The molecule has 14 heteroatoms. The summed E-state index contributed by atoms with van der Waals surface area (Å²) in [6.07, 6.45) is -0.499. The summed E-state index contributed by atoms with van der Waals surface area (Å²) < 4.78 is 44.4. The number of likely N-dealkylation sites (N-methyl/N-ethyl adjacent to an activating group) is 1. The van der Waals surface area contributed by atoms with Crippen molar-refractivity contribution in [3.8, 4) is 17.1 Å². The van der Waals surface area contributed by atoms with Crippen molar-refractivity contribution in [1.29, 1.82) is 0 Å². The van der Waals surface area contributed by atoms with Crippen molar-refractivity contribution in [2.45, 2.75) is 13.1 Å². The zero-order valence-electron chi connectivity index (χ0n) is 21.9. The average Bonchev–Trinajstić information content (AvgIpc) is 3.56. The molecule has 4 aromatic rings. The molecule has 11 nitrogen and oxygen atoms in total. The number of alkyl halides is 3. The van der Waals surface area contributed by atoms with E-state index in [-0.39, 0.29) is 28.8 Å². The minimum atomic E-state index is -4.42. The van der Waals surface area contributed by atoms with Crippen molar-refractivity contribution < 1.29 is 27.2 Å². The molecule has 0 atom stereocenters. The van der Waals surface area contributed by atoms with Crippen LogP contribution in [0.4, 0.5) is 24.7 Å². The van der Waals surface area contributed by atoms with Gasteiger partial charge in [-0.15, -0.1) is 0 Å². The smallest absolute Gasteiger partial charge is 0.405 e. The van der Waals surface area contributed by atoms with Gasteiger partial charge in [-0.3, -0.25) is 9.59 Å². The predicted octanol–water partition coefficient (Wildman–Crippen LogP) is 3.75. The Labute approximate surface area is 227 Å². The van der Waals surface area contributed by atoms with Crippen LogP contribution in [0.15, 0.2) is 59.5 Å². The van der Waals surface area contributed by atoms with E-state index >= 15 is 0 Å². The summed E-state index contributed by atoms with van der Waals surface area (Å²) >= 11 is 0. The van der Waals surface area contributed by atoms with E-state index in [9.17, 15) is 22.8 Å². The van der Waals surface area contributed by atoms with E-state index in [2.05, 4.69) is 31.0 Å². The molecule has 0 bridgehead atoms. The number of pyridine rings is 1. The number of carbonyl (C=O) groups excluding carboxylic acids is 2. The third-order valence-electron chi connectivity index (χ3n) is 5.53. The summed E-state index contributed by atoms with van der Waals surface area (Å²) in [6.45, 7) is 1.66. The van der Waals surface area contributed by atoms with Crippen LogP contribution in [0.5, 0.6) is 0 Å². The van der Waals surface area contributed by atoms with Gasteiger partial charge in [-0.25, -0.2) is 14.6 Å². The van der Waals surface area contributed by atoms with Crippen LogP contribution >= 0.6 is 0 Å².